The van der Waals surface area contributed by atoms with Gasteiger partial charge in [0.2, 0.25) is 0 Å². The van der Waals surface area contributed by atoms with E-state index in [1.54, 1.807) is 6.92 Å². The van der Waals surface area contributed by atoms with Crippen molar-refractivity contribution in [1.29, 1.82) is 0 Å². The molecule has 0 bridgehead atoms. The standard InChI is InChI=1S/C9H12ClNO4S2/c1-6-4-8(16-9(6)10)17(13,14)11(2)5-7(12)15-3/h4H,5H2,1-3H3. The van der Waals surface area contributed by atoms with Crippen molar-refractivity contribution < 1.29 is 17.9 Å². The Balaban J connectivity index is 2.99. The number of sulfonamides is 1. The van der Waals surface area contributed by atoms with E-state index in [4.69, 9.17) is 11.6 Å². The molecule has 96 valence electrons. The number of likely N-dealkylation sites (N-methyl/N-ethyl adjacent to an activating group) is 1. The van der Waals surface area contributed by atoms with Crippen LogP contribution in [0.5, 0.6) is 0 Å². The van der Waals surface area contributed by atoms with Crippen molar-refractivity contribution in [1.82, 2.24) is 4.31 Å². The molecule has 1 aromatic heterocycles. The summed E-state index contributed by atoms with van der Waals surface area (Å²) in [5, 5.41) is 0. The number of hydrogen-bond donors (Lipinski definition) is 0. The summed E-state index contributed by atoms with van der Waals surface area (Å²) in [6, 6.07) is 1.48. The molecule has 0 radical (unpaired) electrons. The largest absolute Gasteiger partial charge is 0.468 e. The molecule has 0 saturated heterocycles. The summed E-state index contributed by atoms with van der Waals surface area (Å²) in [5.41, 5.74) is 0.696. The zero-order valence-corrected chi connectivity index (χ0v) is 11.9. The summed E-state index contributed by atoms with van der Waals surface area (Å²) in [6.45, 7) is 1.39. The van der Waals surface area contributed by atoms with Crippen molar-refractivity contribution in [3.63, 3.8) is 0 Å². The van der Waals surface area contributed by atoms with Crippen molar-refractivity contribution >= 4 is 38.9 Å². The van der Waals surface area contributed by atoms with Crippen LogP contribution < -0.4 is 0 Å². The number of aryl methyl sites for hydroxylation is 1. The van der Waals surface area contributed by atoms with Gasteiger partial charge in [-0.25, -0.2) is 8.42 Å². The highest BCUT2D eigenvalue weighted by molar-refractivity contribution is 7.91. The van der Waals surface area contributed by atoms with Gasteiger partial charge in [0.05, 0.1) is 11.4 Å². The van der Waals surface area contributed by atoms with Gasteiger partial charge in [0.25, 0.3) is 10.0 Å². The van der Waals surface area contributed by atoms with Crippen LogP contribution in [-0.2, 0) is 19.6 Å². The first-order valence-electron chi connectivity index (χ1n) is 4.58. The summed E-state index contributed by atoms with van der Waals surface area (Å²) >= 11 is 6.79. The minimum absolute atomic E-state index is 0.117. The van der Waals surface area contributed by atoms with Crippen LogP contribution in [0.25, 0.3) is 0 Å². The quantitative estimate of drug-likeness (QED) is 0.790. The molecular formula is C9H12ClNO4S2. The molecule has 0 spiro atoms. The Labute approximate surface area is 109 Å². The molecule has 0 atom stereocenters. The monoisotopic (exact) mass is 297 g/mol. The average Bonchev–Trinajstić information content (AvgIpc) is 2.59. The number of thiophene rings is 1. The Kier molecular flexibility index (Phi) is 4.54. The van der Waals surface area contributed by atoms with Crippen molar-refractivity contribution in [3.05, 3.63) is 16.0 Å². The Morgan fingerprint density at radius 1 is 1.59 bits per heavy atom. The predicted molar refractivity (Wildman–Crippen MR) is 65.9 cm³/mol. The fourth-order valence-electron chi connectivity index (χ4n) is 1.04. The van der Waals surface area contributed by atoms with Crippen LogP contribution in [0.15, 0.2) is 10.3 Å². The van der Waals surface area contributed by atoms with Gasteiger partial charge in [0.15, 0.2) is 0 Å². The minimum atomic E-state index is -3.68. The number of ether oxygens (including phenoxy) is 1. The zero-order chi connectivity index (χ0) is 13.2. The van der Waals surface area contributed by atoms with Gasteiger partial charge in [0, 0.05) is 7.05 Å². The fourth-order valence-corrected chi connectivity index (χ4v) is 4.08. The number of carbonyl (C=O) groups excluding carboxylic acids is 1. The molecule has 0 amide bonds. The van der Waals surface area contributed by atoms with Gasteiger partial charge in [-0.15, -0.1) is 11.3 Å². The van der Waals surface area contributed by atoms with Gasteiger partial charge in [-0.2, -0.15) is 4.31 Å². The third kappa shape index (κ3) is 3.19. The molecular weight excluding hydrogens is 286 g/mol. The van der Waals surface area contributed by atoms with E-state index in [-0.39, 0.29) is 10.8 Å². The zero-order valence-electron chi connectivity index (χ0n) is 9.56. The van der Waals surface area contributed by atoms with Gasteiger partial charge in [-0.05, 0) is 18.6 Å². The lowest BCUT2D eigenvalue weighted by molar-refractivity contribution is -0.140. The molecule has 0 N–H and O–H groups in total. The number of hydrogen-bond acceptors (Lipinski definition) is 5. The van der Waals surface area contributed by atoms with E-state index in [0.29, 0.717) is 9.90 Å². The molecule has 17 heavy (non-hydrogen) atoms. The van der Waals surface area contributed by atoms with E-state index in [2.05, 4.69) is 4.74 Å². The number of rotatable bonds is 4. The van der Waals surface area contributed by atoms with Gasteiger partial charge in [0.1, 0.15) is 10.8 Å². The van der Waals surface area contributed by atoms with Crippen molar-refractivity contribution in [2.24, 2.45) is 0 Å². The summed E-state index contributed by atoms with van der Waals surface area (Å²) in [6.07, 6.45) is 0. The SMILES string of the molecule is COC(=O)CN(C)S(=O)(=O)c1cc(C)c(Cl)s1. The van der Waals surface area contributed by atoms with Crippen molar-refractivity contribution in [2.45, 2.75) is 11.1 Å². The molecule has 1 aromatic rings. The molecule has 0 aliphatic carbocycles. The Hall–Kier alpha value is -0.630. The van der Waals surface area contributed by atoms with Crippen LogP contribution in [0.3, 0.4) is 0 Å². The molecule has 1 heterocycles. The molecule has 0 aliphatic heterocycles. The maximum atomic E-state index is 12.0. The molecule has 0 aliphatic rings. The molecule has 1 rings (SSSR count). The molecule has 0 fully saturated rings. The smallest absolute Gasteiger partial charge is 0.321 e. The van der Waals surface area contributed by atoms with Crippen LogP contribution in [0.1, 0.15) is 5.56 Å². The highest BCUT2D eigenvalue weighted by atomic mass is 35.5. The minimum Gasteiger partial charge on any atom is -0.468 e. The second-order valence-electron chi connectivity index (χ2n) is 3.36. The summed E-state index contributed by atoms with van der Waals surface area (Å²) in [7, 11) is -1.16. The third-order valence-electron chi connectivity index (χ3n) is 2.08. The van der Waals surface area contributed by atoms with E-state index in [1.165, 1.54) is 20.2 Å². The lowest BCUT2D eigenvalue weighted by Gasteiger charge is -2.13. The molecule has 0 unspecified atom stereocenters. The van der Waals surface area contributed by atoms with Crippen LogP contribution in [0.2, 0.25) is 4.34 Å². The van der Waals surface area contributed by atoms with Crippen LogP contribution in [-0.4, -0.2) is 39.4 Å². The number of esters is 1. The van der Waals surface area contributed by atoms with E-state index in [1.807, 2.05) is 0 Å². The van der Waals surface area contributed by atoms with Crippen molar-refractivity contribution in [2.75, 3.05) is 20.7 Å². The second-order valence-corrected chi connectivity index (χ2v) is 7.29. The average molecular weight is 298 g/mol. The summed E-state index contributed by atoms with van der Waals surface area (Å²) < 4.78 is 29.9. The summed E-state index contributed by atoms with van der Waals surface area (Å²) in [5.74, 6) is -0.615. The first-order valence-corrected chi connectivity index (χ1v) is 7.21. The highest BCUT2D eigenvalue weighted by Crippen LogP contribution is 2.31. The molecule has 0 aromatic carbocycles. The van der Waals surface area contributed by atoms with Gasteiger partial charge in [-0.1, -0.05) is 11.6 Å². The van der Waals surface area contributed by atoms with Gasteiger partial charge >= 0.3 is 5.97 Å². The van der Waals surface area contributed by atoms with Crippen LogP contribution in [0.4, 0.5) is 0 Å². The lowest BCUT2D eigenvalue weighted by atomic mass is 10.4. The number of methoxy groups -OCH3 is 1. The maximum absolute atomic E-state index is 12.0. The van der Waals surface area contributed by atoms with Gasteiger partial charge in [-0.3, -0.25) is 4.79 Å². The first kappa shape index (κ1) is 14.4. The Morgan fingerprint density at radius 3 is 2.59 bits per heavy atom. The predicted octanol–water partition coefficient (Wildman–Crippen LogP) is 1.50. The maximum Gasteiger partial charge on any atom is 0.321 e. The fraction of sp³-hybridized carbons (Fsp3) is 0.444. The van der Waals surface area contributed by atoms with E-state index < -0.39 is 16.0 Å². The Morgan fingerprint density at radius 2 is 2.18 bits per heavy atom. The topological polar surface area (TPSA) is 63.7 Å². The van der Waals surface area contributed by atoms with E-state index in [9.17, 15) is 13.2 Å². The highest BCUT2D eigenvalue weighted by Gasteiger charge is 2.25. The van der Waals surface area contributed by atoms with Crippen LogP contribution in [0, 0.1) is 6.92 Å². The van der Waals surface area contributed by atoms with E-state index >= 15 is 0 Å². The number of nitrogens with zero attached hydrogens (tertiary/aromatic N) is 1. The summed E-state index contributed by atoms with van der Waals surface area (Å²) in [4.78, 5) is 11.0. The second kappa shape index (κ2) is 5.34. The molecule has 5 nitrogen and oxygen atoms in total. The number of carbonyl (C=O) groups is 1. The third-order valence-corrected chi connectivity index (χ3v) is 5.89. The van der Waals surface area contributed by atoms with Crippen LogP contribution >= 0.6 is 22.9 Å². The molecule has 8 heteroatoms. The van der Waals surface area contributed by atoms with Crippen molar-refractivity contribution in [3.8, 4) is 0 Å². The molecule has 0 saturated carbocycles. The lowest BCUT2D eigenvalue weighted by Crippen LogP contribution is -2.32. The van der Waals surface area contributed by atoms with Gasteiger partial charge < -0.3 is 4.74 Å². The Bertz CT molecular complexity index is 504. The first-order chi connectivity index (χ1) is 7.78. The van der Waals surface area contributed by atoms with E-state index in [0.717, 1.165) is 15.6 Å². The normalized spacial score (nSPS) is 11.8. The number of halogens is 1.